The third kappa shape index (κ3) is 4.06. The molecule has 5 heteroatoms. The SMILES string of the molecule is COCCCN(CCOC)C(=O)c1cc2ccccc2[nH]1. The van der Waals surface area contributed by atoms with Crippen molar-refractivity contribution in [2.45, 2.75) is 6.42 Å². The van der Waals surface area contributed by atoms with E-state index in [2.05, 4.69) is 4.98 Å². The quantitative estimate of drug-likeness (QED) is 0.759. The molecule has 1 heterocycles. The van der Waals surface area contributed by atoms with Crippen molar-refractivity contribution in [3.63, 3.8) is 0 Å². The van der Waals surface area contributed by atoms with E-state index in [4.69, 9.17) is 9.47 Å². The molecule has 5 nitrogen and oxygen atoms in total. The standard InChI is InChI=1S/C16H22N2O3/c1-20-10-5-8-18(9-11-21-2)16(19)15-12-13-6-3-4-7-14(13)17-15/h3-4,6-7,12,17H,5,8-11H2,1-2H3. The van der Waals surface area contributed by atoms with Crippen LogP contribution < -0.4 is 0 Å². The Labute approximate surface area is 124 Å². The van der Waals surface area contributed by atoms with Crippen LogP contribution in [0, 0.1) is 0 Å². The summed E-state index contributed by atoms with van der Waals surface area (Å²) in [5.41, 5.74) is 1.59. The van der Waals surface area contributed by atoms with Crippen molar-refractivity contribution in [2.24, 2.45) is 0 Å². The number of para-hydroxylation sites is 1. The lowest BCUT2D eigenvalue weighted by molar-refractivity contribution is 0.0669. The van der Waals surface area contributed by atoms with Crippen LogP contribution in [-0.2, 0) is 9.47 Å². The predicted octanol–water partition coefficient (Wildman–Crippen LogP) is 2.29. The van der Waals surface area contributed by atoms with Gasteiger partial charge in [-0.3, -0.25) is 4.79 Å². The van der Waals surface area contributed by atoms with E-state index in [1.807, 2.05) is 30.3 Å². The number of benzene rings is 1. The van der Waals surface area contributed by atoms with Crippen LogP contribution in [-0.4, -0.2) is 56.3 Å². The molecule has 1 aromatic carbocycles. The number of methoxy groups -OCH3 is 2. The number of H-pyrrole nitrogens is 1. The van der Waals surface area contributed by atoms with Crippen LogP contribution in [0.4, 0.5) is 0 Å². The Morgan fingerprint density at radius 1 is 1.14 bits per heavy atom. The van der Waals surface area contributed by atoms with Gasteiger partial charge in [-0.1, -0.05) is 18.2 Å². The minimum absolute atomic E-state index is 0.000599. The summed E-state index contributed by atoms with van der Waals surface area (Å²) in [5, 5.41) is 1.05. The van der Waals surface area contributed by atoms with Gasteiger partial charge in [0.05, 0.1) is 6.61 Å². The van der Waals surface area contributed by atoms with Crippen LogP contribution in [0.1, 0.15) is 16.9 Å². The number of nitrogens with one attached hydrogen (secondary N) is 1. The van der Waals surface area contributed by atoms with Crippen LogP contribution in [0.15, 0.2) is 30.3 Å². The van der Waals surface area contributed by atoms with E-state index >= 15 is 0 Å². The number of amides is 1. The number of carbonyl (C=O) groups is 1. The fraction of sp³-hybridized carbons (Fsp3) is 0.438. The van der Waals surface area contributed by atoms with E-state index in [1.165, 1.54) is 0 Å². The van der Waals surface area contributed by atoms with E-state index in [9.17, 15) is 4.79 Å². The van der Waals surface area contributed by atoms with Crippen LogP contribution in [0.2, 0.25) is 0 Å². The fourth-order valence-corrected chi connectivity index (χ4v) is 2.28. The summed E-state index contributed by atoms with van der Waals surface area (Å²) < 4.78 is 10.1. The third-order valence-electron chi connectivity index (χ3n) is 3.39. The van der Waals surface area contributed by atoms with Crippen molar-refractivity contribution in [1.82, 2.24) is 9.88 Å². The highest BCUT2D eigenvalue weighted by Crippen LogP contribution is 2.16. The van der Waals surface area contributed by atoms with Gasteiger partial charge >= 0.3 is 0 Å². The maximum atomic E-state index is 12.6. The highest BCUT2D eigenvalue weighted by molar-refractivity contribution is 5.98. The van der Waals surface area contributed by atoms with Crippen LogP contribution in [0.3, 0.4) is 0 Å². The van der Waals surface area contributed by atoms with Gasteiger partial charge in [0.25, 0.3) is 5.91 Å². The Kier molecular flexibility index (Phi) is 5.78. The van der Waals surface area contributed by atoms with Gasteiger partial charge in [-0.05, 0) is 18.6 Å². The molecule has 0 unspecified atom stereocenters. The number of aromatic amines is 1. The molecule has 0 aliphatic carbocycles. The van der Waals surface area contributed by atoms with Gasteiger partial charge in [-0.2, -0.15) is 0 Å². The highest BCUT2D eigenvalue weighted by Gasteiger charge is 2.17. The topological polar surface area (TPSA) is 54.6 Å². The molecule has 0 saturated carbocycles. The summed E-state index contributed by atoms with van der Waals surface area (Å²) >= 11 is 0. The first-order valence-electron chi connectivity index (χ1n) is 7.11. The second-order valence-electron chi connectivity index (χ2n) is 4.90. The number of ether oxygens (including phenoxy) is 2. The van der Waals surface area contributed by atoms with Crippen molar-refractivity contribution >= 4 is 16.8 Å². The molecule has 21 heavy (non-hydrogen) atoms. The minimum Gasteiger partial charge on any atom is -0.385 e. The van der Waals surface area contributed by atoms with Gasteiger partial charge in [-0.25, -0.2) is 0 Å². The van der Waals surface area contributed by atoms with E-state index in [1.54, 1.807) is 19.1 Å². The molecule has 114 valence electrons. The molecular weight excluding hydrogens is 268 g/mol. The van der Waals surface area contributed by atoms with Crippen molar-refractivity contribution in [1.29, 1.82) is 0 Å². The number of aromatic nitrogens is 1. The number of hydrogen-bond acceptors (Lipinski definition) is 3. The maximum absolute atomic E-state index is 12.6. The highest BCUT2D eigenvalue weighted by atomic mass is 16.5. The zero-order chi connectivity index (χ0) is 15.1. The number of fused-ring (bicyclic) bond motifs is 1. The Balaban J connectivity index is 2.11. The number of hydrogen-bond donors (Lipinski definition) is 1. The zero-order valence-corrected chi connectivity index (χ0v) is 12.6. The molecule has 0 aliphatic rings. The summed E-state index contributed by atoms with van der Waals surface area (Å²) in [6.45, 7) is 2.40. The molecule has 1 N–H and O–H groups in total. The number of carbonyl (C=O) groups excluding carboxylic acids is 1. The fourth-order valence-electron chi connectivity index (χ4n) is 2.28. The molecule has 0 bridgehead atoms. The minimum atomic E-state index is -0.000599. The van der Waals surface area contributed by atoms with Crippen molar-refractivity contribution in [3.8, 4) is 0 Å². The van der Waals surface area contributed by atoms with Gasteiger partial charge < -0.3 is 19.4 Å². The summed E-state index contributed by atoms with van der Waals surface area (Å²) in [6, 6.07) is 9.78. The van der Waals surface area contributed by atoms with Gasteiger partial charge in [0.15, 0.2) is 0 Å². The Morgan fingerprint density at radius 2 is 1.90 bits per heavy atom. The van der Waals surface area contributed by atoms with E-state index in [-0.39, 0.29) is 5.91 Å². The average Bonchev–Trinajstić information content (AvgIpc) is 2.94. The normalized spacial score (nSPS) is 11.0. The van der Waals surface area contributed by atoms with Gasteiger partial charge in [0.1, 0.15) is 5.69 Å². The zero-order valence-electron chi connectivity index (χ0n) is 12.6. The first kappa shape index (κ1) is 15.5. The second kappa shape index (κ2) is 7.81. The molecule has 2 rings (SSSR count). The molecular formula is C16H22N2O3. The summed E-state index contributed by atoms with van der Waals surface area (Å²) in [6.07, 6.45) is 0.812. The van der Waals surface area contributed by atoms with Crippen LogP contribution >= 0.6 is 0 Å². The summed E-state index contributed by atoms with van der Waals surface area (Å²) in [7, 11) is 3.31. The van der Waals surface area contributed by atoms with E-state index in [0.717, 1.165) is 17.3 Å². The monoisotopic (exact) mass is 290 g/mol. The third-order valence-corrected chi connectivity index (χ3v) is 3.39. The van der Waals surface area contributed by atoms with Gasteiger partial charge in [-0.15, -0.1) is 0 Å². The molecule has 0 fully saturated rings. The van der Waals surface area contributed by atoms with Gasteiger partial charge in [0, 0.05) is 44.8 Å². The largest absolute Gasteiger partial charge is 0.385 e. The number of rotatable bonds is 8. The molecule has 0 atom stereocenters. The maximum Gasteiger partial charge on any atom is 0.270 e. The van der Waals surface area contributed by atoms with Crippen molar-refractivity contribution < 1.29 is 14.3 Å². The van der Waals surface area contributed by atoms with Crippen LogP contribution in [0.5, 0.6) is 0 Å². The first-order valence-corrected chi connectivity index (χ1v) is 7.11. The first-order chi connectivity index (χ1) is 10.3. The Hall–Kier alpha value is -1.85. The average molecular weight is 290 g/mol. The smallest absolute Gasteiger partial charge is 0.270 e. The van der Waals surface area contributed by atoms with Crippen LogP contribution in [0.25, 0.3) is 10.9 Å². The van der Waals surface area contributed by atoms with E-state index in [0.29, 0.717) is 32.0 Å². The molecule has 1 aromatic heterocycles. The molecule has 0 saturated heterocycles. The summed E-state index contributed by atoms with van der Waals surface area (Å²) in [5.74, 6) is -0.000599. The van der Waals surface area contributed by atoms with Crippen molar-refractivity contribution in [3.05, 3.63) is 36.0 Å². The van der Waals surface area contributed by atoms with Gasteiger partial charge in [0.2, 0.25) is 0 Å². The lowest BCUT2D eigenvalue weighted by Crippen LogP contribution is -2.35. The Morgan fingerprint density at radius 3 is 2.62 bits per heavy atom. The molecule has 0 aliphatic heterocycles. The summed E-state index contributed by atoms with van der Waals surface area (Å²) in [4.78, 5) is 17.6. The molecule has 0 spiro atoms. The lowest BCUT2D eigenvalue weighted by Gasteiger charge is -2.21. The van der Waals surface area contributed by atoms with E-state index < -0.39 is 0 Å². The Bertz CT molecular complexity index is 547. The van der Waals surface area contributed by atoms with Crippen molar-refractivity contribution in [2.75, 3.05) is 40.5 Å². The predicted molar refractivity (Wildman–Crippen MR) is 82.6 cm³/mol. The number of nitrogens with zero attached hydrogens (tertiary/aromatic N) is 1. The molecule has 1 amide bonds. The second-order valence-corrected chi connectivity index (χ2v) is 4.90. The molecule has 0 radical (unpaired) electrons. The lowest BCUT2D eigenvalue weighted by atomic mass is 10.2. The molecule has 2 aromatic rings.